The summed E-state index contributed by atoms with van der Waals surface area (Å²) < 4.78 is 4.73. The molecule has 0 amide bonds. The van der Waals surface area contributed by atoms with Gasteiger partial charge in [-0.2, -0.15) is 0 Å². The highest BCUT2D eigenvalue weighted by atomic mass is 16.5. The molecule has 5 nitrogen and oxygen atoms in total. The first-order valence-electron chi connectivity index (χ1n) is 4.21. The Morgan fingerprint density at radius 3 is 2.54 bits per heavy atom. The quantitative estimate of drug-likeness (QED) is 0.525. The second kappa shape index (κ2) is 6.56. The second-order valence-corrected chi connectivity index (χ2v) is 2.62. The molecule has 0 aliphatic heterocycles. The van der Waals surface area contributed by atoms with Crippen LogP contribution in [0.5, 0.6) is 0 Å². The van der Waals surface area contributed by atoms with Crippen LogP contribution in [0.15, 0.2) is 0 Å². The molecule has 0 saturated heterocycles. The summed E-state index contributed by atoms with van der Waals surface area (Å²) >= 11 is 0. The van der Waals surface area contributed by atoms with Gasteiger partial charge in [-0.25, -0.2) is 0 Å². The number of carbonyl (C=O) groups is 2. The fourth-order valence-corrected chi connectivity index (χ4v) is 0.773. The SMILES string of the molecule is CCOC(=O)C(CN)NCC(C)=O. The summed E-state index contributed by atoms with van der Waals surface area (Å²) in [5.74, 6) is -0.450. The maximum atomic E-state index is 11.1. The monoisotopic (exact) mass is 188 g/mol. The van der Waals surface area contributed by atoms with Crippen LogP contribution in [0.3, 0.4) is 0 Å². The van der Waals surface area contributed by atoms with Gasteiger partial charge in [-0.3, -0.25) is 14.9 Å². The van der Waals surface area contributed by atoms with Crippen molar-refractivity contribution in [1.29, 1.82) is 0 Å². The average molecular weight is 188 g/mol. The van der Waals surface area contributed by atoms with E-state index in [1.54, 1.807) is 6.92 Å². The van der Waals surface area contributed by atoms with Gasteiger partial charge in [-0.05, 0) is 13.8 Å². The molecule has 0 aliphatic carbocycles. The number of carbonyl (C=O) groups excluding carboxylic acids is 2. The van der Waals surface area contributed by atoms with Gasteiger partial charge < -0.3 is 10.5 Å². The number of nitrogens with one attached hydrogen (secondary N) is 1. The van der Waals surface area contributed by atoms with Crippen LogP contribution in [-0.4, -0.2) is 37.5 Å². The van der Waals surface area contributed by atoms with Crippen molar-refractivity contribution in [2.45, 2.75) is 19.9 Å². The number of Topliss-reactive ketones (excluding diaryl/α,β-unsaturated/α-hetero) is 1. The smallest absolute Gasteiger partial charge is 0.324 e. The van der Waals surface area contributed by atoms with E-state index in [9.17, 15) is 9.59 Å². The van der Waals surface area contributed by atoms with E-state index < -0.39 is 12.0 Å². The lowest BCUT2D eigenvalue weighted by atomic mass is 10.3. The Morgan fingerprint density at radius 2 is 2.15 bits per heavy atom. The van der Waals surface area contributed by atoms with Gasteiger partial charge in [0.2, 0.25) is 0 Å². The van der Waals surface area contributed by atoms with Gasteiger partial charge in [-0.15, -0.1) is 0 Å². The van der Waals surface area contributed by atoms with Crippen molar-refractivity contribution in [2.75, 3.05) is 19.7 Å². The zero-order chi connectivity index (χ0) is 10.3. The molecule has 76 valence electrons. The third-order valence-electron chi connectivity index (χ3n) is 1.40. The number of rotatable bonds is 6. The molecule has 0 bridgehead atoms. The van der Waals surface area contributed by atoms with Crippen molar-refractivity contribution in [2.24, 2.45) is 5.73 Å². The Bertz CT molecular complexity index is 182. The van der Waals surface area contributed by atoms with Crippen LogP contribution in [0.1, 0.15) is 13.8 Å². The molecule has 3 N–H and O–H groups in total. The largest absolute Gasteiger partial charge is 0.465 e. The van der Waals surface area contributed by atoms with Gasteiger partial charge in [0.1, 0.15) is 11.8 Å². The van der Waals surface area contributed by atoms with Crippen molar-refractivity contribution >= 4 is 11.8 Å². The molecular formula is C8H16N2O3. The summed E-state index contributed by atoms with van der Waals surface area (Å²) in [6.07, 6.45) is 0. The lowest BCUT2D eigenvalue weighted by Crippen LogP contribution is -2.45. The molecule has 13 heavy (non-hydrogen) atoms. The summed E-state index contributed by atoms with van der Waals surface area (Å²) in [7, 11) is 0. The maximum absolute atomic E-state index is 11.1. The summed E-state index contributed by atoms with van der Waals surface area (Å²) in [6, 6.07) is -0.580. The highest BCUT2D eigenvalue weighted by Gasteiger charge is 2.17. The molecule has 0 aromatic carbocycles. The number of nitrogens with two attached hydrogens (primary N) is 1. The van der Waals surface area contributed by atoms with E-state index in [2.05, 4.69) is 5.32 Å². The highest BCUT2D eigenvalue weighted by Crippen LogP contribution is 1.86. The van der Waals surface area contributed by atoms with Gasteiger partial charge in [0.05, 0.1) is 13.2 Å². The summed E-state index contributed by atoms with van der Waals surface area (Å²) in [6.45, 7) is 3.74. The normalized spacial score (nSPS) is 12.2. The molecule has 0 spiro atoms. The predicted molar refractivity (Wildman–Crippen MR) is 48.2 cm³/mol. The zero-order valence-corrected chi connectivity index (χ0v) is 8.00. The first-order chi connectivity index (χ1) is 6.11. The first-order valence-corrected chi connectivity index (χ1v) is 4.21. The lowest BCUT2D eigenvalue weighted by Gasteiger charge is -2.13. The minimum atomic E-state index is -0.580. The van der Waals surface area contributed by atoms with Crippen LogP contribution in [0.25, 0.3) is 0 Å². The molecule has 0 saturated carbocycles. The van der Waals surface area contributed by atoms with Crippen LogP contribution in [-0.2, 0) is 14.3 Å². The Kier molecular flexibility index (Phi) is 6.09. The Hall–Kier alpha value is -0.940. The Labute approximate surface area is 77.6 Å². The van der Waals surface area contributed by atoms with Gasteiger partial charge in [0.15, 0.2) is 0 Å². The molecule has 0 heterocycles. The number of ketones is 1. The van der Waals surface area contributed by atoms with E-state index in [-0.39, 0.29) is 18.9 Å². The number of esters is 1. The number of ether oxygens (including phenoxy) is 1. The molecule has 1 unspecified atom stereocenters. The maximum Gasteiger partial charge on any atom is 0.324 e. The van der Waals surface area contributed by atoms with Crippen LogP contribution in [0, 0.1) is 0 Å². The molecule has 0 rings (SSSR count). The van der Waals surface area contributed by atoms with Gasteiger partial charge in [0.25, 0.3) is 0 Å². The van der Waals surface area contributed by atoms with E-state index in [0.717, 1.165) is 0 Å². The minimum Gasteiger partial charge on any atom is -0.465 e. The Morgan fingerprint density at radius 1 is 1.54 bits per heavy atom. The van der Waals surface area contributed by atoms with Crippen LogP contribution < -0.4 is 11.1 Å². The number of hydrogen-bond donors (Lipinski definition) is 2. The van der Waals surface area contributed by atoms with Gasteiger partial charge >= 0.3 is 5.97 Å². The third kappa shape index (κ3) is 5.32. The first kappa shape index (κ1) is 12.1. The van der Waals surface area contributed by atoms with E-state index in [4.69, 9.17) is 10.5 Å². The van der Waals surface area contributed by atoms with Gasteiger partial charge in [-0.1, -0.05) is 0 Å². The molecule has 0 aromatic rings. The zero-order valence-electron chi connectivity index (χ0n) is 8.00. The molecule has 0 fully saturated rings. The molecule has 0 radical (unpaired) electrons. The van der Waals surface area contributed by atoms with E-state index in [1.807, 2.05) is 0 Å². The van der Waals surface area contributed by atoms with Crippen molar-refractivity contribution < 1.29 is 14.3 Å². The van der Waals surface area contributed by atoms with Gasteiger partial charge in [0, 0.05) is 6.54 Å². The summed E-state index contributed by atoms with van der Waals surface area (Å²) in [5, 5.41) is 2.70. The van der Waals surface area contributed by atoms with Crippen LogP contribution in [0.4, 0.5) is 0 Å². The second-order valence-electron chi connectivity index (χ2n) is 2.62. The average Bonchev–Trinajstić information content (AvgIpc) is 2.05. The minimum absolute atomic E-state index is 0.0391. The summed E-state index contributed by atoms with van der Waals surface area (Å²) in [4.78, 5) is 21.7. The molecule has 0 aromatic heterocycles. The van der Waals surface area contributed by atoms with E-state index >= 15 is 0 Å². The molecule has 1 atom stereocenters. The number of hydrogen-bond acceptors (Lipinski definition) is 5. The van der Waals surface area contributed by atoms with Crippen LogP contribution >= 0.6 is 0 Å². The van der Waals surface area contributed by atoms with Crippen molar-refractivity contribution in [3.05, 3.63) is 0 Å². The van der Waals surface area contributed by atoms with E-state index in [0.29, 0.717) is 6.61 Å². The van der Waals surface area contributed by atoms with Crippen LogP contribution in [0.2, 0.25) is 0 Å². The predicted octanol–water partition coefficient (Wildman–Crippen LogP) is -0.945. The fourth-order valence-electron chi connectivity index (χ4n) is 0.773. The van der Waals surface area contributed by atoms with Crippen molar-refractivity contribution in [3.8, 4) is 0 Å². The van der Waals surface area contributed by atoms with E-state index in [1.165, 1.54) is 6.92 Å². The fraction of sp³-hybridized carbons (Fsp3) is 0.750. The van der Waals surface area contributed by atoms with Crippen molar-refractivity contribution in [1.82, 2.24) is 5.32 Å². The summed E-state index contributed by atoms with van der Waals surface area (Å²) in [5.41, 5.74) is 5.32. The lowest BCUT2D eigenvalue weighted by molar-refractivity contribution is -0.145. The molecular weight excluding hydrogens is 172 g/mol. The topological polar surface area (TPSA) is 81.4 Å². The molecule has 5 heteroatoms. The highest BCUT2D eigenvalue weighted by molar-refractivity contribution is 5.80. The van der Waals surface area contributed by atoms with Crippen molar-refractivity contribution in [3.63, 3.8) is 0 Å². The third-order valence-corrected chi connectivity index (χ3v) is 1.40. The molecule has 0 aliphatic rings. The Balaban J connectivity index is 3.87. The standard InChI is InChI=1S/C8H16N2O3/c1-3-13-8(12)7(4-9)10-5-6(2)11/h7,10H,3-5,9H2,1-2H3.